The van der Waals surface area contributed by atoms with Crippen molar-refractivity contribution in [3.8, 4) is 0 Å². The van der Waals surface area contributed by atoms with E-state index in [0.29, 0.717) is 0 Å². The summed E-state index contributed by atoms with van der Waals surface area (Å²) in [6.07, 6.45) is 0. The van der Waals surface area contributed by atoms with Gasteiger partial charge in [0.1, 0.15) is 11.2 Å². The summed E-state index contributed by atoms with van der Waals surface area (Å²) in [4.78, 5) is 4.70. The van der Waals surface area contributed by atoms with Gasteiger partial charge in [-0.3, -0.25) is 0 Å². The molecule has 0 saturated heterocycles. The normalized spacial score (nSPS) is 11.8. The molecule has 0 atom stereocenters. The summed E-state index contributed by atoms with van der Waals surface area (Å²) in [6.45, 7) is 12.9. The molecule has 0 aliphatic rings. The molecule has 0 fully saturated rings. The number of nitrogens with zero attached hydrogens (tertiary/aromatic N) is 2. The zero-order chi connectivity index (χ0) is 40.8. The van der Waals surface area contributed by atoms with Crippen LogP contribution in [0.15, 0.2) is 167 Å². The second-order valence-corrected chi connectivity index (χ2v) is 16.7. The van der Waals surface area contributed by atoms with Gasteiger partial charge in [0.2, 0.25) is 0 Å². The second-order valence-electron chi connectivity index (χ2n) is 16.7. The topological polar surface area (TPSA) is 32.8 Å². The van der Waals surface area contributed by atoms with Crippen molar-refractivity contribution in [3.63, 3.8) is 0 Å². The van der Waals surface area contributed by atoms with E-state index >= 15 is 0 Å². The highest BCUT2D eigenvalue weighted by atomic mass is 16.4. The van der Waals surface area contributed by atoms with E-state index in [4.69, 9.17) is 8.83 Å². The lowest BCUT2D eigenvalue weighted by Gasteiger charge is -2.27. The lowest BCUT2D eigenvalue weighted by molar-refractivity contribution is 0.634. The van der Waals surface area contributed by atoms with Gasteiger partial charge in [-0.15, -0.1) is 0 Å². The maximum Gasteiger partial charge on any atom is 0.178 e. The highest BCUT2D eigenvalue weighted by molar-refractivity contribution is 6.21. The third-order valence-electron chi connectivity index (χ3n) is 12.2. The first kappa shape index (κ1) is 35.8. The Morgan fingerprint density at radius 1 is 0.300 bits per heavy atom. The summed E-state index contributed by atoms with van der Waals surface area (Å²) in [5.41, 5.74) is 17.4. The van der Waals surface area contributed by atoms with Crippen LogP contribution in [-0.2, 0) is 0 Å². The van der Waals surface area contributed by atoms with E-state index in [0.717, 1.165) is 99.5 Å². The van der Waals surface area contributed by atoms with E-state index in [2.05, 4.69) is 209 Å². The summed E-state index contributed by atoms with van der Waals surface area (Å²) in [5, 5.41) is 8.80. The van der Waals surface area contributed by atoms with Crippen LogP contribution in [0.1, 0.15) is 33.4 Å². The SMILES string of the molecule is Cc1ccc(N(c2ccc3cc4c(cc3c2)oc2c4ccc3c4cc5ccc(N(c6ccc(C)cc6)c6ccc(C)cc6C)cc5cc4oc32)c2ccc(C)cc2C)cc1. The predicted molar refractivity (Wildman–Crippen MR) is 254 cm³/mol. The van der Waals surface area contributed by atoms with Crippen molar-refractivity contribution in [1.29, 1.82) is 0 Å². The highest BCUT2D eigenvalue weighted by Gasteiger charge is 2.21. The number of furan rings is 2. The summed E-state index contributed by atoms with van der Waals surface area (Å²) < 4.78 is 13.6. The average molecular weight is 777 g/mol. The first-order valence-electron chi connectivity index (χ1n) is 20.7. The molecular weight excluding hydrogens is 733 g/mol. The van der Waals surface area contributed by atoms with E-state index < -0.39 is 0 Å². The zero-order valence-corrected chi connectivity index (χ0v) is 34.7. The third-order valence-corrected chi connectivity index (χ3v) is 12.2. The second kappa shape index (κ2) is 13.6. The van der Waals surface area contributed by atoms with Crippen LogP contribution in [0.2, 0.25) is 0 Å². The summed E-state index contributed by atoms with van der Waals surface area (Å²) >= 11 is 0. The Hall–Kier alpha value is -7.30. The van der Waals surface area contributed by atoms with Gasteiger partial charge in [-0.05, 0) is 171 Å². The molecule has 2 heterocycles. The number of anilines is 6. The van der Waals surface area contributed by atoms with E-state index in [1.54, 1.807) is 0 Å². The summed E-state index contributed by atoms with van der Waals surface area (Å²) in [6, 6.07) is 57.6. The summed E-state index contributed by atoms with van der Waals surface area (Å²) in [5.74, 6) is 0. The molecular formula is C56H44N2O2. The Kier molecular flexibility index (Phi) is 8.15. The number of aryl methyl sites for hydroxylation is 6. The smallest absolute Gasteiger partial charge is 0.178 e. The van der Waals surface area contributed by atoms with Crippen molar-refractivity contribution >= 4 is 99.5 Å². The molecule has 4 heteroatoms. The lowest BCUT2D eigenvalue weighted by atomic mass is 10.0. The maximum atomic E-state index is 6.78. The van der Waals surface area contributed by atoms with E-state index in [1.165, 1.54) is 33.4 Å². The Labute approximate surface area is 349 Å². The van der Waals surface area contributed by atoms with Gasteiger partial charge >= 0.3 is 0 Å². The van der Waals surface area contributed by atoms with Crippen LogP contribution in [0, 0.1) is 41.5 Å². The molecule has 0 N–H and O–H groups in total. The molecule has 9 aromatic carbocycles. The van der Waals surface area contributed by atoms with Crippen molar-refractivity contribution in [2.24, 2.45) is 0 Å². The fraction of sp³-hybridized carbons (Fsp3) is 0.107. The van der Waals surface area contributed by atoms with Gasteiger partial charge < -0.3 is 18.6 Å². The van der Waals surface area contributed by atoms with Gasteiger partial charge in [-0.25, -0.2) is 0 Å². The third kappa shape index (κ3) is 5.90. The Morgan fingerprint density at radius 3 is 1.08 bits per heavy atom. The van der Waals surface area contributed by atoms with Gasteiger partial charge in [0.05, 0.1) is 0 Å². The van der Waals surface area contributed by atoms with Gasteiger partial charge in [0.25, 0.3) is 0 Å². The maximum absolute atomic E-state index is 6.78. The molecule has 11 aromatic rings. The van der Waals surface area contributed by atoms with Crippen LogP contribution in [0.25, 0.3) is 65.4 Å². The molecule has 0 unspecified atom stereocenters. The standard InChI is InChI=1S/C56H44N2O2/c1-33-7-15-43(16-8-33)57(51-23-11-35(3)25-37(51)5)45-19-13-39-29-49-47-21-22-48-50-30-40-14-20-46(58(44-17-9-34(2)10-18-44)52-24-12-36(4)26-38(52)6)28-42(40)32-54(50)60-56(48)55(47)59-53(49)31-41(39)27-45/h7-32H,1-6H3. The minimum absolute atomic E-state index is 0.774. The van der Waals surface area contributed by atoms with Crippen LogP contribution < -0.4 is 9.80 Å². The molecule has 0 aliphatic carbocycles. The van der Waals surface area contributed by atoms with Crippen LogP contribution in [0.3, 0.4) is 0 Å². The molecule has 0 aliphatic heterocycles. The van der Waals surface area contributed by atoms with Crippen LogP contribution in [-0.4, -0.2) is 0 Å². The molecule has 0 amide bonds. The number of fused-ring (bicyclic) bond motifs is 9. The Morgan fingerprint density at radius 2 is 0.683 bits per heavy atom. The molecule has 2 aromatic heterocycles. The van der Waals surface area contributed by atoms with Crippen molar-refractivity contribution in [2.75, 3.05) is 9.80 Å². The van der Waals surface area contributed by atoms with E-state index in [1.807, 2.05) is 0 Å². The van der Waals surface area contributed by atoms with Crippen LogP contribution in [0.5, 0.6) is 0 Å². The van der Waals surface area contributed by atoms with Gasteiger partial charge in [-0.2, -0.15) is 0 Å². The molecule has 0 spiro atoms. The lowest BCUT2D eigenvalue weighted by Crippen LogP contribution is -2.11. The molecule has 11 rings (SSSR count). The van der Waals surface area contributed by atoms with E-state index in [9.17, 15) is 0 Å². The van der Waals surface area contributed by atoms with Crippen LogP contribution in [0.4, 0.5) is 34.1 Å². The Balaban J connectivity index is 1.03. The number of rotatable bonds is 6. The monoisotopic (exact) mass is 776 g/mol. The fourth-order valence-electron chi connectivity index (χ4n) is 9.16. The molecule has 0 saturated carbocycles. The Bertz CT molecular complexity index is 3260. The number of hydrogen-bond donors (Lipinski definition) is 0. The largest absolute Gasteiger partial charge is 0.452 e. The predicted octanol–water partition coefficient (Wildman–Crippen LogP) is 16.6. The number of benzene rings is 9. The fourth-order valence-corrected chi connectivity index (χ4v) is 9.16. The minimum Gasteiger partial charge on any atom is -0.452 e. The van der Waals surface area contributed by atoms with Crippen molar-refractivity contribution in [1.82, 2.24) is 0 Å². The van der Waals surface area contributed by atoms with Crippen molar-refractivity contribution in [3.05, 3.63) is 191 Å². The minimum atomic E-state index is 0.774. The summed E-state index contributed by atoms with van der Waals surface area (Å²) in [7, 11) is 0. The molecule has 0 bridgehead atoms. The van der Waals surface area contributed by atoms with Crippen molar-refractivity contribution < 1.29 is 8.83 Å². The van der Waals surface area contributed by atoms with Gasteiger partial charge in [0.15, 0.2) is 11.2 Å². The molecule has 60 heavy (non-hydrogen) atoms. The quantitative estimate of drug-likeness (QED) is 0.168. The van der Waals surface area contributed by atoms with E-state index in [-0.39, 0.29) is 0 Å². The first-order valence-corrected chi connectivity index (χ1v) is 20.7. The van der Waals surface area contributed by atoms with Crippen molar-refractivity contribution in [2.45, 2.75) is 41.5 Å². The molecule has 290 valence electrons. The molecule has 0 radical (unpaired) electrons. The zero-order valence-electron chi connectivity index (χ0n) is 34.7. The highest BCUT2D eigenvalue weighted by Crippen LogP contribution is 2.44. The van der Waals surface area contributed by atoms with Gasteiger partial charge in [-0.1, -0.05) is 82.9 Å². The van der Waals surface area contributed by atoms with Crippen LogP contribution >= 0.6 is 0 Å². The average Bonchev–Trinajstić information content (AvgIpc) is 3.79. The number of hydrogen-bond acceptors (Lipinski definition) is 4. The molecule has 4 nitrogen and oxygen atoms in total. The first-order chi connectivity index (χ1) is 29.1. The van der Waals surface area contributed by atoms with Gasteiger partial charge in [0, 0.05) is 55.7 Å².